The number of rotatable bonds is 4. The number of thioether (sulfide) groups is 1. The van der Waals surface area contributed by atoms with E-state index >= 15 is 0 Å². The molecule has 0 saturated heterocycles. The van der Waals surface area contributed by atoms with Crippen molar-refractivity contribution in [1.29, 1.82) is 0 Å². The third-order valence-corrected chi connectivity index (χ3v) is 1.33. The molecule has 0 heterocycles. The van der Waals surface area contributed by atoms with Crippen molar-refractivity contribution in [2.45, 2.75) is 0 Å². The van der Waals surface area contributed by atoms with Gasteiger partial charge in [0, 0.05) is 19.1 Å². The van der Waals surface area contributed by atoms with Crippen LogP contribution in [0.15, 0.2) is 11.6 Å². The Morgan fingerprint density at radius 1 is 1.75 bits per heavy atom. The van der Waals surface area contributed by atoms with E-state index in [1.807, 2.05) is 5.41 Å². The van der Waals surface area contributed by atoms with Gasteiger partial charge in [0.25, 0.3) is 0 Å². The van der Waals surface area contributed by atoms with Crippen LogP contribution >= 0.6 is 11.8 Å². The van der Waals surface area contributed by atoms with Crippen LogP contribution in [0.4, 0.5) is 0 Å². The maximum Gasteiger partial charge on any atom is 0.0556 e. The van der Waals surface area contributed by atoms with E-state index in [0.717, 1.165) is 12.4 Å². The Bertz CT molecular complexity index is 65.4. The van der Waals surface area contributed by atoms with Crippen LogP contribution in [0.2, 0.25) is 0 Å². The van der Waals surface area contributed by atoms with Gasteiger partial charge in [-0.05, 0) is 5.41 Å². The molecule has 2 nitrogen and oxygen atoms in total. The molecule has 0 atom stereocenters. The molecule has 0 saturated carbocycles. The molecule has 0 aromatic carbocycles. The summed E-state index contributed by atoms with van der Waals surface area (Å²) >= 11 is 1.65. The maximum atomic E-state index is 5.07. The Kier molecular flexibility index (Phi) is 6.72. The van der Waals surface area contributed by atoms with Crippen LogP contribution in [0.3, 0.4) is 0 Å². The first-order chi connectivity index (χ1) is 3.91. The van der Waals surface area contributed by atoms with Crippen molar-refractivity contribution >= 4 is 11.8 Å². The number of methoxy groups -OCH3 is 1. The minimum Gasteiger partial charge on any atom is -0.404 e. The summed E-state index contributed by atoms with van der Waals surface area (Å²) in [4.78, 5) is 0. The van der Waals surface area contributed by atoms with Crippen molar-refractivity contribution in [3.63, 3.8) is 0 Å². The van der Waals surface area contributed by atoms with E-state index < -0.39 is 0 Å². The predicted molar refractivity (Wildman–Crippen MR) is 37.7 cm³/mol. The van der Waals surface area contributed by atoms with Gasteiger partial charge in [-0.1, -0.05) is 0 Å². The largest absolute Gasteiger partial charge is 0.404 e. The average molecular weight is 133 g/mol. The van der Waals surface area contributed by atoms with E-state index in [0.29, 0.717) is 0 Å². The molecule has 0 rings (SSSR count). The molecule has 0 amide bonds. The van der Waals surface area contributed by atoms with E-state index in [1.165, 1.54) is 6.20 Å². The summed E-state index contributed by atoms with van der Waals surface area (Å²) in [5.74, 6) is 0.976. The summed E-state index contributed by atoms with van der Waals surface area (Å²) in [7, 11) is 1.69. The zero-order valence-corrected chi connectivity index (χ0v) is 5.78. The third kappa shape index (κ3) is 5.85. The van der Waals surface area contributed by atoms with Gasteiger partial charge in [-0.25, -0.2) is 0 Å². The molecule has 0 aliphatic rings. The molecule has 0 fully saturated rings. The lowest BCUT2D eigenvalue weighted by Crippen LogP contribution is -1.89. The SMILES string of the molecule is COCCS/C=C\N. The average Bonchev–Trinajstić information content (AvgIpc) is 1.81. The predicted octanol–water partition coefficient (Wildman–Crippen LogP) is 0.796. The molecule has 0 aromatic heterocycles. The van der Waals surface area contributed by atoms with E-state index in [2.05, 4.69) is 0 Å². The van der Waals surface area contributed by atoms with Crippen LogP contribution in [0.1, 0.15) is 0 Å². The summed E-state index contributed by atoms with van der Waals surface area (Å²) in [6.07, 6.45) is 1.53. The van der Waals surface area contributed by atoms with Crippen molar-refractivity contribution in [2.24, 2.45) is 5.73 Å². The molecular weight excluding hydrogens is 122 g/mol. The van der Waals surface area contributed by atoms with Crippen molar-refractivity contribution < 1.29 is 4.74 Å². The van der Waals surface area contributed by atoms with Crippen LogP contribution in [0.5, 0.6) is 0 Å². The topological polar surface area (TPSA) is 35.2 Å². The van der Waals surface area contributed by atoms with Gasteiger partial charge in [0.1, 0.15) is 0 Å². The van der Waals surface area contributed by atoms with E-state index in [4.69, 9.17) is 10.5 Å². The molecule has 0 bridgehead atoms. The van der Waals surface area contributed by atoms with Gasteiger partial charge in [-0.3, -0.25) is 0 Å². The fourth-order valence-corrected chi connectivity index (χ4v) is 0.765. The van der Waals surface area contributed by atoms with Gasteiger partial charge in [-0.15, -0.1) is 11.8 Å². The van der Waals surface area contributed by atoms with Gasteiger partial charge in [0.15, 0.2) is 0 Å². The first-order valence-corrected chi connectivity index (χ1v) is 3.44. The molecule has 0 aliphatic carbocycles. The molecule has 48 valence electrons. The van der Waals surface area contributed by atoms with E-state index in [1.54, 1.807) is 18.9 Å². The highest BCUT2D eigenvalue weighted by Crippen LogP contribution is 1.98. The van der Waals surface area contributed by atoms with Crippen LogP contribution < -0.4 is 5.73 Å². The minimum absolute atomic E-state index is 0.787. The summed E-state index contributed by atoms with van der Waals surface area (Å²) in [6, 6.07) is 0. The van der Waals surface area contributed by atoms with Crippen LogP contribution in [0.25, 0.3) is 0 Å². The Balaban J connectivity index is 2.72. The molecule has 0 aromatic rings. The normalized spacial score (nSPS) is 10.6. The van der Waals surface area contributed by atoms with Crippen molar-refractivity contribution in [3.8, 4) is 0 Å². The fraction of sp³-hybridized carbons (Fsp3) is 0.600. The van der Waals surface area contributed by atoms with Gasteiger partial charge >= 0.3 is 0 Å². The lowest BCUT2D eigenvalue weighted by molar-refractivity contribution is 0.219. The molecule has 0 aliphatic heterocycles. The van der Waals surface area contributed by atoms with E-state index in [-0.39, 0.29) is 0 Å². The maximum absolute atomic E-state index is 5.07. The molecule has 3 heteroatoms. The second-order valence-corrected chi connectivity index (χ2v) is 2.21. The van der Waals surface area contributed by atoms with Crippen molar-refractivity contribution in [1.82, 2.24) is 0 Å². The molecule has 0 unspecified atom stereocenters. The lowest BCUT2D eigenvalue weighted by Gasteiger charge is -1.91. The Hall–Kier alpha value is -0.150. The summed E-state index contributed by atoms with van der Waals surface area (Å²) in [5, 5.41) is 1.85. The quantitative estimate of drug-likeness (QED) is 0.576. The van der Waals surface area contributed by atoms with E-state index in [9.17, 15) is 0 Å². The zero-order chi connectivity index (χ0) is 6.24. The van der Waals surface area contributed by atoms with Crippen molar-refractivity contribution in [2.75, 3.05) is 19.5 Å². The highest BCUT2D eigenvalue weighted by Gasteiger charge is 1.78. The number of hydrogen-bond acceptors (Lipinski definition) is 3. The molecule has 0 spiro atoms. The summed E-state index contributed by atoms with van der Waals surface area (Å²) < 4.78 is 4.79. The monoisotopic (exact) mass is 133 g/mol. The van der Waals surface area contributed by atoms with Gasteiger partial charge < -0.3 is 10.5 Å². The number of nitrogens with two attached hydrogens (primary N) is 1. The zero-order valence-electron chi connectivity index (χ0n) is 4.96. The Morgan fingerprint density at radius 3 is 3.00 bits per heavy atom. The van der Waals surface area contributed by atoms with Gasteiger partial charge in [-0.2, -0.15) is 0 Å². The fourth-order valence-electron chi connectivity index (χ4n) is 0.255. The smallest absolute Gasteiger partial charge is 0.0556 e. The first kappa shape index (κ1) is 7.85. The summed E-state index contributed by atoms with van der Waals surface area (Å²) in [6.45, 7) is 0.787. The van der Waals surface area contributed by atoms with Crippen LogP contribution in [-0.2, 0) is 4.74 Å². The third-order valence-electron chi connectivity index (χ3n) is 0.580. The Morgan fingerprint density at radius 2 is 2.50 bits per heavy atom. The van der Waals surface area contributed by atoms with Gasteiger partial charge in [0.2, 0.25) is 0 Å². The first-order valence-electron chi connectivity index (χ1n) is 2.39. The molecular formula is C5H11NOS. The molecule has 0 radical (unpaired) electrons. The number of hydrogen-bond donors (Lipinski definition) is 1. The number of ether oxygens (including phenoxy) is 1. The van der Waals surface area contributed by atoms with Crippen molar-refractivity contribution in [3.05, 3.63) is 11.6 Å². The lowest BCUT2D eigenvalue weighted by atomic mass is 10.9. The Labute approximate surface area is 54.1 Å². The summed E-state index contributed by atoms with van der Waals surface area (Å²) in [5.41, 5.74) is 5.07. The highest BCUT2D eigenvalue weighted by atomic mass is 32.2. The second kappa shape index (κ2) is 6.85. The van der Waals surface area contributed by atoms with Crippen LogP contribution in [0, 0.1) is 0 Å². The standard InChI is InChI=1S/C5H11NOS/c1-7-3-5-8-4-2-6/h2,4H,3,5-6H2,1H3/b4-2-. The second-order valence-electron chi connectivity index (χ2n) is 1.19. The molecule has 8 heavy (non-hydrogen) atoms. The molecule has 2 N–H and O–H groups in total. The van der Waals surface area contributed by atoms with Gasteiger partial charge in [0.05, 0.1) is 6.61 Å². The van der Waals surface area contributed by atoms with Crippen LogP contribution in [-0.4, -0.2) is 19.5 Å². The highest BCUT2D eigenvalue weighted by molar-refractivity contribution is 8.02. The minimum atomic E-state index is 0.787.